The van der Waals surface area contributed by atoms with E-state index < -0.39 is 30.4 Å². The van der Waals surface area contributed by atoms with Crippen LogP contribution in [0.5, 0.6) is 5.75 Å². The van der Waals surface area contributed by atoms with E-state index >= 15 is 0 Å². The third kappa shape index (κ3) is 8.17. The number of benzene rings is 1. The van der Waals surface area contributed by atoms with Gasteiger partial charge in [0.25, 0.3) is 6.29 Å². The SMILES string of the molecule is CC(C)C(=O)O[C@@H](OC(=O)NC[C@H](Oc1cccc(Cl)c1)C(=O)O)C(C)C. The van der Waals surface area contributed by atoms with Crippen molar-refractivity contribution < 1.29 is 33.7 Å². The van der Waals surface area contributed by atoms with Crippen molar-refractivity contribution in [1.29, 1.82) is 0 Å². The number of carbonyl (C=O) groups is 3. The number of hydrogen-bond acceptors (Lipinski definition) is 6. The molecule has 0 radical (unpaired) electrons. The lowest BCUT2D eigenvalue weighted by atomic mass is 10.2. The van der Waals surface area contributed by atoms with Crippen LogP contribution in [-0.2, 0) is 19.1 Å². The van der Waals surface area contributed by atoms with Crippen LogP contribution in [0.4, 0.5) is 4.79 Å². The molecule has 0 saturated heterocycles. The zero-order valence-corrected chi connectivity index (χ0v) is 16.4. The maximum atomic E-state index is 11.9. The number of hydrogen-bond donors (Lipinski definition) is 2. The molecule has 0 heterocycles. The molecular formula is C18H24ClNO7. The fourth-order valence-corrected chi connectivity index (χ4v) is 1.93. The van der Waals surface area contributed by atoms with E-state index in [0.717, 1.165) is 0 Å². The van der Waals surface area contributed by atoms with Crippen molar-refractivity contribution in [2.75, 3.05) is 6.54 Å². The second kappa shape index (κ2) is 10.6. The van der Waals surface area contributed by atoms with E-state index in [2.05, 4.69) is 5.32 Å². The second-order valence-electron chi connectivity index (χ2n) is 6.39. The van der Waals surface area contributed by atoms with Gasteiger partial charge in [0.05, 0.1) is 12.5 Å². The molecule has 1 rings (SSSR count). The summed E-state index contributed by atoms with van der Waals surface area (Å²) in [5.74, 6) is -2.19. The summed E-state index contributed by atoms with van der Waals surface area (Å²) in [6.45, 7) is 6.39. The first-order valence-electron chi connectivity index (χ1n) is 8.40. The van der Waals surface area contributed by atoms with E-state index in [9.17, 15) is 19.5 Å². The molecule has 0 aromatic heterocycles. The molecule has 0 aliphatic carbocycles. The number of carboxylic acid groups (broad SMARTS) is 1. The first-order valence-corrected chi connectivity index (χ1v) is 8.78. The number of halogens is 1. The Morgan fingerprint density at radius 3 is 2.33 bits per heavy atom. The van der Waals surface area contributed by atoms with Crippen molar-refractivity contribution in [3.05, 3.63) is 29.3 Å². The van der Waals surface area contributed by atoms with Crippen molar-refractivity contribution in [2.45, 2.75) is 40.1 Å². The molecule has 2 atom stereocenters. The lowest BCUT2D eigenvalue weighted by Crippen LogP contribution is -2.42. The van der Waals surface area contributed by atoms with Gasteiger partial charge in [-0.05, 0) is 18.2 Å². The van der Waals surface area contributed by atoms with Gasteiger partial charge >= 0.3 is 18.0 Å². The number of amides is 1. The Labute approximate surface area is 162 Å². The minimum absolute atomic E-state index is 0.246. The van der Waals surface area contributed by atoms with Crippen molar-refractivity contribution in [2.24, 2.45) is 11.8 Å². The summed E-state index contributed by atoms with van der Waals surface area (Å²) in [6.07, 6.45) is -3.37. The largest absolute Gasteiger partial charge is 0.478 e. The molecule has 27 heavy (non-hydrogen) atoms. The maximum Gasteiger partial charge on any atom is 0.410 e. The molecule has 2 N–H and O–H groups in total. The lowest BCUT2D eigenvalue weighted by Gasteiger charge is -2.23. The monoisotopic (exact) mass is 401 g/mol. The van der Waals surface area contributed by atoms with Crippen LogP contribution in [0.15, 0.2) is 24.3 Å². The molecule has 0 saturated carbocycles. The highest BCUT2D eigenvalue weighted by Crippen LogP contribution is 2.18. The molecule has 0 aliphatic heterocycles. The topological polar surface area (TPSA) is 111 Å². The Balaban J connectivity index is 2.62. The molecular weight excluding hydrogens is 378 g/mol. The summed E-state index contributed by atoms with van der Waals surface area (Å²) in [5.41, 5.74) is 0. The fraction of sp³-hybridized carbons (Fsp3) is 0.500. The molecule has 150 valence electrons. The van der Waals surface area contributed by atoms with Crippen LogP contribution in [0.1, 0.15) is 27.7 Å². The molecule has 1 amide bonds. The molecule has 0 unspecified atom stereocenters. The van der Waals surface area contributed by atoms with Gasteiger partial charge in [0.2, 0.25) is 6.10 Å². The van der Waals surface area contributed by atoms with Crippen LogP contribution >= 0.6 is 11.6 Å². The van der Waals surface area contributed by atoms with Crippen LogP contribution in [0.2, 0.25) is 5.02 Å². The summed E-state index contributed by atoms with van der Waals surface area (Å²) in [5, 5.41) is 11.9. The van der Waals surface area contributed by atoms with E-state index in [1.807, 2.05) is 0 Å². The van der Waals surface area contributed by atoms with Crippen molar-refractivity contribution >= 4 is 29.6 Å². The standard InChI is InChI=1S/C18H24ClNO7/c1-10(2)16(23)26-17(11(3)4)27-18(24)20-9-14(15(21)22)25-13-7-5-6-12(19)8-13/h5-8,10-11,14,17H,9H2,1-4H3,(H,20,24)(H,21,22)/t14-,17-/m0/s1. The maximum absolute atomic E-state index is 11.9. The Morgan fingerprint density at radius 2 is 1.81 bits per heavy atom. The normalized spacial score (nSPS) is 13.0. The zero-order valence-electron chi connectivity index (χ0n) is 15.6. The summed E-state index contributed by atoms with van der Waals surface area (Å²) in [7, 11) is 0. The average Bonchev–Trinajstić information content (AvgIpc) is 2.57. The van der Waals surface area contributed by atoms with Gasteiger partial charge in [-0.1, -0.05) is 45.4 Å². The zero-order chi connectivity index (χ0) is 20.6. The van der Waals surface area contributed by atoms with Gasteiger partial charge in [-0.2, -0.15) is 0 Å². The Bertz CT molecular complexity index is 663. The molecule has 0 spiro atoms. The van der Waals surface area contributed by atoms with Gasteiger partial charge < -0.3 is 24.6 Å². The number of alkyl carbamates (subject to hydrolysis) is 1. The number of carboxylic acids is 1. The third-order valence-corrected chi connectivity index (χ3v) is 3.49. The van der Waals surface area contributed by atoms with Gasteiger partial charge in [0, 0.05) is 10.9 Å². The predicted molar refractivity (Wildman–Crippen MR) is 97.5 cm³/mol. The number of aliphatic carboxylic acids is 1. The smallest absolute Gasteiger partial charge is 0.410 e. The Kier molecular flexibility index (Phi) is 8.87. The Hall–Kier alpha value is -2.48. The molecule has 9 heteroatoms. The van der Waals surface area contributed by atoms with Crippen LogP contribution in [0.25, 0.3) is 0 Å². The molecule has 1 aromatic rings. The van der Waals surface area contributed by atoms with E-state index in [0.29, 0.717) is 5.02 Å². The molecule has 0 aliphatic rings. The minimum Gasteiger partial charge on any atom is -0.478 e. The highest BCUT2D eigenvalue weighted by molar-refractivity contribution is 6.30. The van der Waals surface area contributed by atoms with E-state index in [4.69, 9.17) is 25.8 Å². The summed E-state index contributed by atoms with van der Waals surface area (Å²) in [4.78, 5) is 35.0. The highest BCUT2D eigenvalue weighted by Gasteiger charge is 2.26. The molecule has 1 aromatic carbocycles. The molecule has 8 nitrogen and oxygen atoms in total. The van der Waals surface area contributed by atoms with Crippen LogP contribution in [0.3, 0.4) is 0 Å². The van der Waals surface area contributed by atoms with Crippen LogP contribution in [0, 0.1) is 11.8 Å². The fourth-order valence-electron chi connectivity index (χ4n) is 1.75. The number of rotatable bonds is 9. The van der Waals surface area contributed by atoms with Gasteiger partial charge in [0.1, 0.15) is 5.75 Å². The predicted octanol–water partition coefficient (Wildman–Crippen LogP) is 3.08. The van der Waals surface area contributed by atoms with Gasteiger partial charge in [-0.25, -0.2) is 9.59 Å². The number of nitrogens with one attached hydrogen (secondary N) is 1. The van der Waals surface area contributed by atoms with Crippen molar-refractivity contribution in [3.8, 4) is 5.75 Å². The highest BCUT2D eigenvalue weighted by atomic mass is 35.5. The van der Waals surface area contributed by atoms with Gasteiger partial charge in [0.15, 0.2) is 0 Å². The average molecular weight is 402 g/mol. The van der Waals surface area contributed by atoms with Gasteiger partial charge in [-0.15, -0.1) is 0 Å². The van der Waals surface area contributed by atoms with Crippen LogP contribution in [-0.4, -0.2) is 42.1 Å². The second-order valence-corrected chi connectivity index (χ2v) is 6.83. The minimum atomic E-state index is -1.35. The first kappa shape index (κ1) is 22.6. The first-order chi connectivity index (χ1) is 12.6. The van der Waals surface area contributed by atoms with E-state index in [-0.39, 0.29) is 24.1 Å². The summed E-state index contributed by atoms with van der Waals surface area (Å²) < 4.78 is 15.5. The van der Waals surface area contributed by atoms with Gasteiger partial charge in [-0.3, -0.25) is 4.79 Å². The summed E-state index contributed by atoms with van der Waals surface area (Å²) >= 11 is 5.83. The molecule has 0 bridgehead atoms. The summed E-state index contributed by atoms with van der Waals surface area (Å²) in [6, 6.07) is 6.22. The number of carbonyl (C=O) groups excluding carboxylic acids is 2. The van der Waals surface area contributed by atoms with Crippen LogP contribution < -0.4 is 10.1 Å². The van der Waals surface area contributed by atoms with E-state index in [1.165, 1.54) is 6.07 Å². The quantitative estimate of drug-likeness (QED) is 0.483. The third-order valence-electron chi connectivity index (χ3n) is 3.25. The number of esters is 1. The molecule has 0 fully saturated rings. The lowest BCUT2D eigenvalue weighted by molar-refractivity contribution is -0.178. The Morgan fingerprint density at radius 1 is 1.15 bits per heavy atom. The van der Waals surface area contributed by atoms with Crippen molar-refractivity contribution in [1.82, 2.24) is 5.32 Å². The van der Waals surface area contributed by atoms with Crippen molar-refractivity contribution in [3.63, 3.8) is 0 Å². The number of ether oxygens (including phenoxy) is 3. The van der Waals surface area contributed by atoms with E-state index in [1.54, 1.807) is 45.9 Å².